The summed E-state index contributed by atoms with van der Waals surface area (Å²) in [6.45, 7) is 1.81. The molecule has 10 nitrogen and oxygen atoms in total. The minimum absolute atomic E-state index is 0.261. The number of carbonyl (C=O) groups is 4. The zero-order chi connectivity index (χ0) is 27.1. The molecule has 5 aliphatic heterocycles. The van der Waals surface area contributed by atoms with E-state index in [-0.39, 0.29) is 26.4 Å². The Kier molecular flexibility index (Phi) is 6.40. The van der Waals surface area contributed by atoms with Gasteiger partial charge in [0.25, 0.3) is 0 Å². The monoisotopic (exact) mass is 536 g/mol. The van der Waals surface area contributed by atoms with Crippen LogP contribution < -0.4 is 18.9 Å². The van der Waals surface area contributed by atoms with Crippen LogP contribution in [0.15, 0.2) is 36.4 Å². The maximum Gasteiger partial charge on any atom is 0.344 e. The molecule has 0 N–H and O–H groups in total. The van der Waals surface area contributed by atoms with E-state index in [1.807, 2.05) is 6.92 Å². The van der Waals surface area contributed by atoms with Gasteiger partial charge in [0.1, 0.15) is 23.0 Å². The first-order valence-electron chi connectivity index (χ1n) is 13.1. The highest BCUT2D eigenvalue weighted by molar-refractivity contribution is 5.93. The van der Waals surface area contributed by atoms with Crippen molar-refractivity contribution < 1.29 is 47.6 Å². The number of fused-ring (bicyclic) bond motifs is 2. The fourth-order valence-electron chi connectivity index (χ4n) is 6.22. The summed E-state index contributed by atoms with van der Waals surface area (Å²) in [5.41, 5.74) is 0.571. The Morgan fingerprint density at radius 2 is 1.21 bits per heavy atom. The van der Waals surface area contributed by atoms with Gasteiger partial charge in [0.05, 0.1) is 25.0 Å². The number of hydrogen-bond donors (Lipinski definition) is 0. The van der Waals surface area contributed by atoms with Crippen molar-refractivity contribution >= 4 is 23.9 Å². The lowest BCUT2D eigenvalue weighted by molar-refractivity contribution is -0.171. The van der Waals surface area contributed by atoms with Crippen LogP contribution in [-0.2, 0) is 34.1 Å². The Hall–Kier alpha value is -4.08. The van der Waals surface area contributed by atoms with Gasteiger partial charge >= 0.3 is 23.9 Å². The molecule has 0 spiro atoms. The van der Waals surface area contributed by atoms with Gasteiger partial charge < -0.3 is 28.4 Å². The second-order valence-corrected chi connectivity index (χ2v) is 10.4. The van der Waals surface area contributed by atoms with Gasteiger partial charge in [0, 0.05) is 34.6 Å². The highest BCUT2D eigenvalue weighted by Gasteiger charge is 2.71. The topological polar surface area (TPSA) is 124 Å². The molecule has 39 heavy (non-hydrogen) atoms. The summed E-state index contributed by atoms with van der Waals surface area (Å²) in [7, 11) is 0. The minimum Gasteiger partial charge on any atom is -0.482 e. The highest BCUT2D eigenvalue weighted by Crippen LogP contribution is 2.68. The van der Waals surface area contributed by atoms with Gasteiger partial charge in [-0.3, -0.25) is 9.59 Å². The quantitative estimate of drug-likeness (QED) is 0.366. The SMILES string of the molecule is C[C@@]12c3ccc4cc3OC(=O)[C@H]1[C@@H]1c3ccc(cc3OC(=O)[C@H]12)OCC(=O)OCCCCCCOC(=O)CO4. The molecule has 10 heteroatoms. The largest absolute Gasteiger partial charge is 0.482 e. The summed E-state index contributed by atoms with van der Waals surface area (Å²) in [5, 5.41) is 0. The van der Waals surface area contributed by atoms with Crippen molar-refractivity contribution in [1.29, 1.82) is 0 Å². The molecule has 6 aliphatic rings. The summed E-state index contributed by atoms with van der Waals surface area (Å²) in [6.07, 6.45) is 2.99. The third kappa shape index (κ3) is 4.37. The standard InChI is InChI=1S/C29H28O10/c1-29-19-9-7-17-13-21(19)39-28(33)26(29)24-18-8-6-16(12-20(18)38-27(32)25(24)29)36-14-22(30)34-10-4-2-3-5-11-35-23(31)15-37-17/h6-9,12-13,24-26H,2-5,10-11,14-15H2,1H3/t24-,25+,26-,29+/m1/s1. The fourth-order valence-corrected chi connectivity index (χ4v) is 6.22. The van der Waals surface area contributed by atoms with Crippen LogP contribution in [0.1, 0.15) is 49.7 Å². The number of benzene rings is 2. The first kappa shape index (κ1) is 25.2. The van der Waals surface area contributed by atoms with Gasteiger partial charge in [-0.05, 0) is 37.8 Å². The molecular weight excluding hydrogens is 508 g/mol. The molecule has 2 aromatic carbocycles. The Bertz CT molecular complexity index is 1330. The summed E-state index contributed by atoms with van der Waals surface area (Å²) < 4.78 is 33.0. The van der Waals surface area contributed by atoms with Crippen molar-refractivity contribution in [2.75, 3.05) is 26.4 Å². The van der Waals surface area contributed by atoms with Gasteiger partial charge in [-0.2, -0.15) is 0 Å². The van der Waals surface area contributed by atoms with Crippen LogP contribution >= 0.6 is 0 Å². The predicted molar refractivity (Wildman–Crippen MR) is 133 cm³/mol. The molecular formula is C29H28O10. The maximum atomic E-state index is 13.3. The summed E-state index contributed by atoms with van der Waals surface area (Å²) in [6, 6.07) is 10.0. The lowest BCUT2D eigenvalue weighted by Crippen LogP contribution is -2.66. The zero-order valence-electron chi connectivity index (χ0n) is 21.4. The van der Waals surface area contributed by atoms with E-state index in [1.165, 1.54) is 0 Å². The molecule has 1 fully saturated rings. The number of ether oxygens (including phenoxy) is 6. The van der Waals surface area contributed by atoms with Gasteiger partial charge in [-0.1, -0.05) is 19.1 Å². The van der Waals surface area contributed by atoms with E-state index in [0.717, 1.165) is 12.8 Å². The van der Waals surface area contributed by atoms with Crippen LogP contribution in [0.3, 0.4) is 0 Å². The Morgan fingerprint density at radius 1 is 0.667 bits per heavy atom. The molecule has 10 bridgehead atoms. The Balaban J connectivity index is 1.30. The number of esters is 4. The second kappa shape index (κ2) is 9.91. The third-order valence-electron chi connectivity index (χ3n) is 8.10. The average molecular weight is 537 g/mol. The third-order valence-corrected chi connectivity index (χ3v) is 8.10. The number of hydrogen-bond acceptors (Lipinski definition) is 10. The molecule has 2 aromatic rings. The highest BCUT2D eigenvalue weighted by atomic mass is 16.6. The molecule has 8 rings (SSSR count). The summed E-state index contributed by atoms with van der Waals surface area (Å²) in [5.74, 6) is -2.24. The van der Waals surface area contributed by atoms with Crippen molar-refractivity contribution in [3.63, 3.8) is 0 Å². The van der Waals surface area contributed by atoms with E-state index >= 15 is 0 Å². The minimum atomic E-state index is -0.841. The predicted octanol–water partition coefficient (Wildman–Crippen LogP) is 3.23. The van der Waals surface area contributed by atoms with E-state index in [0.29, 0.717) is 47.0 Å². The van der Waals surface area contributed by atoms with Crippen molar-refractivity contribution in [3.05, 3.63) is 47.5 Å². The van der Waals surface area contributed by atoms with Crippen LogP contribution in [-0.4, -0.2) is 50.3 Å². The first-order valence-corrected chi connectivity index (χ1v) is 13.1. The summed E-state index contributed by atoms with van der Waals surface area (Å²) in [4.78, 5) is 50.7. The van der Waals surface area contributed by atoms with Crippen LogP contribution in [0.25, 0.3) is 0 Å². The zero-order valence-corrected chi connectivity index (χ0v) is 21.4. The molecule has 0 unspecified atom stereocenters. The van der Waals surface area contributed by atoms with Gasteiger partial charge in [-0.15, -0.1) is 0 Å². The van der Waals surface area contributed by atoms with E-state index in [4.69, 9.17) is 28.4 Å². The molecule has 0 radical (unpaired) electrons. The Morgan fingerprint density at radius 3 is 1.82 bits per heavy atom. The van der Waals surface area contributed by atoms with E-state index < -0.39 is 47.0 Å². The summed E-state index contributed by atoms with van der Waals surface area (Å²) >= 11 is 0. The lowest BCUT2D eigenvalue weighted by atomic mass is 9.42. The van der Waals surface area contributed by atoms with Gasteiger partial charge in [0.15, 0.2) is 13.2 Å². The van der Waals surface area contributed by atoms with Crippen molar-refractivity contribution in [3.8, 4) is 23.0 Å². The lowest BCUT2D eigenvalue weighted by Gasteiger charge is -2.60. The molecule has 1 saturated carbocycles. The molecule has 1 aliphatic carbocycles. The molecule has 0 aromatic heterocycles. The van der Waals surface area contributed by atoms with Crippen LogP contribution in [0, 0.1) is 11.8 Å². The normalized spacial score (nSPS) is 28.6. The number of carbonyl (C=O) groups excluding carboxylic acids is 4. The first-order chi connectivity index (χ1) is 18.9. The van der Waals surface area contributed by atoms with Gasteiger partial charge in [0.2, 0.25) is 0 Å². The van der Waals surface area contributed by atoms with Crippen LogP contribution in [0.4, 0.5) is 0 Å². The molecule has 204 valence electrons. The Labute approximate surface area is 224 Å². The number of rotatable bonds is 0. The molecule has 4 atom stereocenters. The van der Waals surface area contributed by atoms with E-state index in [9.17, 15) is 19.2 Å². The maximum absolute atomic E-state index is 13.3. The van der Waals surface area contributed by atoms with Gasteiger partial charge in [-0.25, -0.2) is 9.59 Å². The van der Waals surface area contributed by atoms with Crippen LogP contribution in [0.2, 0.25) is 0 Å². The average Bonchev–Trinajstić information content (AvgIpc) is 2.90. The molecule has 0 saturated heterocycles. The fraction of sp³-hybridized carbons (Fsp3) is 0.448. The smallest absolute Gasteiger partial charge is 0.344 e. The second-order valence-electron chi connectivity index (χ2n) is 10.4. The molecule has 5 heterocycles. The van der Waals surface area contributed by atoms with E-state index in [2.05, 4.69) is 0 Å². The molecule has 0 amide bonds. The van der Waals surface area contributed by atoms with E-state index in [1.54, 1.807) is 36.4 Å². The van der Waals surface area contributed by atoms with Crippen molar-refractivity contribution in [1.82, 2.24) is 0 Å². The van der Waals surface area contributed by atoms with Crippen molar-refractivity contribution in [2.24, 2.45) is 11.8 Å². The van der Waals surface area contributed by atoms with Crippen molar-refractivity contribution in [2.45, 2.75) is 43.9 Å². The van der Waals surface area contributed by atoms with Crippen LogP contribution in [0.5, 0.6) is 23.0 Å².